The summed E-state index contributed by atoms with van der Waals surface area (Å²) in [7, 11) is -3.28. The Balaban J connectivity index is 2.39. The van der Waals surface area contributed by atoms with Crippen LogP contribution in [-0.4, -0.2) is 39.4 Å². The number of anilines is 1. The molecule has 1 aromatic rings. The molecule has 0 atom stereocenters. The molecule has 0 fully saturated rings. The van der Waals surface area contributed by atoms with Gasteiger partial charge in [0.25, 0.3) is 0 Å². The molecule has 0 saturated heterocycles. The molecule has 1 aliphatic rings. The zero-order chi connectivity index (χ0) is 15.7. The van der Waals surface area contributed by atoms with Crippen molar-refractivity contribution in [2.75, 3.05) is 30.3 Å². The summed E-state index contributed by atoms with van der Waals surface area (Å²) < 4.78 is 30.5. The quantitative estimate of drug-likeness (QED) is 0.897. The molecule has 21 heavy (non-hydrogen) atoms. The average Bonchev–Trinajstić information content (AvgIpc) is 2.42. The molecular weight excluding hydrogens is 288 g/mol. The molecule has 0 radical (unpaired) electrons. The van der Waals surface area contributed by atoms with Gasteiger partial charge < -0.3 is 15.4 Å². The molecule has 5 nitrogen and oxygen atoms in total. The summed E-state index contributed by atoms with van der Waals surface area (Å²) in [6, 6.07) is 5.11. The van der Waals surface area contributed by atoms with Crippen LogP contribution in [0.1, 0.15) is 27.2 Å². The van der Waals surface area contributed by atoms with Gasteiger partial charge in [0, 0.05) is 6.54 Å². The fraction of sp³-hybridized carbons (Fsp3) is 0.600. The number of hydrogen-bond acceptors (Lipinski definition) is 5. The predicted octanol–water partition coefficient (Wildman–Crippen LogP) is 1.81. The van der Waals surface area contributed by atoms with Gasteiger partial charge in [-0.15, -0.1) is 0 Å². The van der Waals surface area contributed by atoms with Gasteiger partial charge in [-0.1, -0.05) is 0 Å². The van der Waals surface area contributed by atoms with Gasteiger partial charge in [-0.3, -0.25) is 0 Å². The molecule has 1 heterocycles. The van der Waals surface area contributed by atoms with E-state index in [4.69, 9.17) is 10.5 Å². The molecule has 2 N–H and O–H groups in total. The van der Waals surface area contributed by atoms with Crippen LogP contribution in [-0.2, 0) is 9.84 Å². The zero-order valence-electron chi connectivity index (χ0n) is 12.9. The highest BCUT2D eigenvalue weighted by Crippen LogP contribution is 2.38. The maximum Gasteiger partial charge on any atom is 0.178 e. The van der Waals surface area contributed by atoms with Crippen molar-refractivity contribution in [3.63, 3.8) is 0 Å². The molecule has 0 aromatic heterocycles. The van der Waals surface area contributed by atoms with Crippen LogP contribution < -0.4 is 15.4 Å². The monoisotopic (exact) mass is 312 g/mol. The van der Waals surface area contributed by atoms with E-state index in [1.165, 1.54) is 0 Å². The van der Waals surface area contributed by atoms with E-state index in [9.17, 15) is 8.42 Å². The van der Waals surface area contributed by atoms with Crippen LogP contribution in [0.25, 0.3) is 0 Å². The first-order valence-electron chi connectivity index (χ1n) is 7.30. The molecule has 0 bridgehead atoms. The van der Waals surface area contributed by atoms with Gasteiger partial charge in [0.2, 0.25) is 0 Å². The van der Waals surface area contributed by atoms with E-state index in [0.29, 0.717) is 17.9 Å². The topological polar surface area (TPSA) is 72.6 Å². The summed E-state index contributed by atoms with van der Waals surface area (Å²) in [6.45, 7) is 8.05. The van der Waals surface area contributed by atoms with E-state index in [1.807, 2.05) is 13.8 Å². The number of rotatable bonds is 5. The van der Waals surface area contributed by atoms with Crippen molar-refractivity contribution >= 4 is 15.5 Å². The summed E-state index contributed by atoms with van der Waals surface area (Å²) in [5.74, 6) is 0.826. The van der Waals surface area contributed by atoms with Crippen molar-refractivity contribution in [3.8, 4) is 5.75 Å². The molecule has 6 heteroatoms. The Labute approximate surface area is 127 Å². The lowest BCUT2D eigenvalue weighted by atomic mass is 10.1. The number of ether oxygens (including phenoxy) is 1. The minimum Gasteiger partial charge on any atom is -0.484 e. The van der Waals surface area contributed by atoms with Crippen LogP contribution in [0.2, 0.25) is 0 Å². The molecular formula is C15H24N2O3S. The van der Waals surface area contributed by atoms with Crippen LogP contribution in [0.15, 0.2) is 23.1 Å². The highest BCUT2D eigenvalue weighted by atomic mass is 32.2. The normalized spacial score (nSPS) is 17.2. The third kappa shape index (κ3) is 3.49. The Morgan fingerprint density at radius 3 is 2.71 bits per heavy atom. The molecule has 2 rings (SSSR count). The van der Waals surface area contributed by atoms with Crippen LogP contribution in [0.4, 0.5) is 5.69 Å². The Kier molecular flexibility index (Phi) is 4.49. The Morgan fingerprint density at radius 1 is 1.38 bits per heavy atom. The third-order valence-electron chi connectivity index (χ3n) is 3.59. The molecule has 118 valence electrons. The summed E-state index contributed by atoms with van der Waals surface area (Å²) in [5, 5.41) is 0. The van der Waals surface area contributed by atoms with Gasteiger partial charge in [0.1, 0.15) is 11.4 Å². The van der Waals surface area contributed by atoms with Gasteiger partial charge >= 0.3 is 0 Å². The van der Waals surface area contributed by atoms with Crippen LogP contribution in [0.3, 0.4) is 0 Å². The number of likely N-dealkylation sites (N-methyl/N-ethyl adjacent to an activating group) is 1. The van der Waals surface area contributed by atoms with Crippen LogP contribution >= 0.6 is 0 Å². The van der Waals surface area contributed by atoms with Crippen LogP contribution in [0.5, 0.6) is 5.75 Å². The molecule has 0 spiro atoms. The van der Waals surface area contributed by atoms with E-state index in [0.717, 1.165) is 24.5 Å². The van der Waals surface area contributed by atoms with Crippen molar-refractivity contribution in [1.82, 2.24) is 0 Å². The van der Waals surface area contributed by atoms with Crippen molar-refractivity contribution in [2.45, 2.75) is 37.7 Å². The van der Waals surface area contributed by atoms with Crippen molar-refractivity contribution in [1.29, 1.82) is 0 Å². The van der Waals surface area contributed by atoms with Crippen molar-refractivity contribution in [3.05, 3.63) is 18.2 Å². The minimum atomic E-state index is -3.28. The van der Waals surface area contributed by atoms with E-state index >= 15 is 0 Å². The predicted molar refractivity (Wildman–Crippen MR) is 84.8 cm³/mol. The van der Waals surface area contributed by atoms with Gasteiger partial charge in [0.05, 0.1) is 22.9 Å². The maximum atomic E-state index is 12.3. The minimum absolute atomic E-state index is 0.0841. The Morgan fingerprint density at radius 2 is 2.10 bits per heavy atom. The van der Waals surface area contributed by atoms with Gasteiger partial charge in [0.15, 0.2) is 9.84 Å². The molecule has 1 aliphatic heterocycles. The van der Waals surface area contributed by atoms with E-state index in [-0.39, 0.29) is 11.4 Å². The summed E-state index contributed by atoms with van der Waals surface area (Å²) in [6.07, 6.45) is 0.473. The highest BCUT2D eigenvalue weighted by molar-refractivity contribution is 7.91. The van der Waals surface area contributed by atoms with Gasteiger partial charge in [-0.05, 0) is 51.9 Å². The van der Waals surface area contributed by atoms with Crippen molar-refractivity contribution < 1.29 is 13.2 Å². The summed E-state index contributed by atoms with van der Waals surface area (Å²) in [4.78, 5) is 2.50. The molecule has 0 aliphatic carbocycles. The number of nitrogens with zero attached hydrogens (tertiary/aromatic N) is 1. The Bertz CT molecular complexity index is 611. The lowest BCUT2D eigenvalue weighted by Gasteiger charge is -2.40. The second kappa shape index (κ2) is 5.85. The van der Waals surface area contributed by atoms with E-state index in [1.54, 1.807) is 18.2 Å². The number of hydrogen-bond donors (Lipinski definition) is 1. The third-order valence-corrected chi connectivity index (χ3v) is 5.39. The standard InChI is InChI=1S/C15H24N2O3S/c1-4-17-11-15(2,3)20-14-7-6-12(10-13(14)17)21(18,19)9-5-8-16/h6-7,10H,4-5,8-9,11,16H2,1-3H3. The fourth-order valence-electron chi connectivity index (χ4n) is 2.57. The number of benzene rings is 1. The second-order valence-electron chi connectivity index (χ2n) is 5.97. The fourth-order valence-corrected chi connectivity index (χ4v) is 3.92. The largest absolute Gasteiger partial charge is 0.484 e. The zero-order valence-corrected chi connectivity index (χ0v) is 13.7. The maximum absolute atomic E-state index is 12.3. The Hall–Kier alpha value is -1.27. The lowest BCUT2D eigenvalue weighted by molar-refractivity contribution is 0.105. The number of nitrogens with two attached hydrogens (primary N) is 1. The first-order chi connectivity index (χ1) is 9.79. The van der Waals surface area contributed by atoms with Crippen molar-refractivity contribution in [2.24, 2.45) is 5.73 Å². The molecule has 0 saturated carbocycles. The smallest absolute Gasteiger partial charge is 0.178 e. The summed E-state index contributed by atoms with van der Waals surface area (Å²) >= 11 is 0. The molecule has 0 unspecified atom stereocenters. The number of fused-ring (bicyclic) bond motifs is 1. The lowest BCUT2D eigenvalue weighted by Crippen LogP contribution is -2.46. The number of sulfone groups is 1. The first-order valence-corrected chi connectivity index (χ1v) is 8.95. The molecule has 0 amide bonds. The second-order valence-corrected chi connectivity index (χ2v) is 8.08. The van der Waals surface area contributed by atoms with E-state index < -0.39 is 9.84 Å². The van der Waals surface area contributed by atoms with Gasteiger partial charge in [-0.2, -0.15) is 0 Å². The first kappa shape index (κ1) is 16.1. The SMILES string of the molecule is CCN1CC(C)(C)Oc2ccc(S(=O)(=O)CCCN)cc21. The summed E-state index contributed by atoms with van der Waals surface area (Å²) in [5.41, 5.74) is 5.98. The van der Waals surface area contributed by atoms with Gasteiger partial charge in [-0.25, -0.2) is 8.42 Å². The highest BCUT2D eigenvalue weighted by Gasteiger charge is 2.31. The molecule has 1 aromatic carbocycles. The average molecular weight is 312 g/mol. The van der Waals surface area contributed by atoms with Crippen LogP contribution in [0, 0.1) is 0 Å². The van der Waals surface area contributed by atoms with E-state index in [2.05, 4.69) is 11.8 Å².